The van der Waals surface area contributed by atoms with Gasteiger partial charge in [-0.15, -0.1) is 0 Å². The molecule has 1 saturated heterocycles. The number of pyridine rings is 1. The lowest BCUT2D eigenvalue weighted by Gasteiger charge is -2.46. The summed E-state index contributed by atoms with van der Waals surface area (Å²) in [5, 5.41) is 11.4. The summed E-state index contributed by atoms with van der Waals surface area (Å²) in [4.78, 5) is 22.5. The van der Waals surface area contributed by atoms with Crippen LogP contribution in [0.4, 0.5) is 13.2 Å². The molecule has 9 heteroatoms. The Kier molecular flexibility index (Phi) is 6.40. The number of amides is 1. The average Bonchev–Trinajstić information content (AvgIpc) is 3.59. The van der Waals surface area contributed by atoms with Crippen molar-refractivity contribution < 1.29 is 27.8 Å². The van der Waals surface area contributed by atoms with Crippen molar-refractivity contribution in [1.29, 1.82) is 0 Å². The summed E-state index contributed by atoms with van der Waals surface area (Å²) >= 11 is 0. The van der Waals surface area contributed by atoms with E-state index in [2.05, 4.69) is 9.98 Å². The topological polar surface area (TPSA) is 75.0 Å². The summed E-state index contributed by atoms with van der Waals surface area (Å²) in [5.41, 5.74) is -1.36. The number of ether oxygens (including phenoxy) is 1. The number of halogens is 3. The van der Waals surface area contributed by atoms with E-state index in [4.69, 9.17) is 4.74 Å². The molecule has 3 aliphatic rings. The van der Waals surface area contributed by atoms with Crippen LogP contribution in [0.3, 0.4) is 0 Å². The summed E-state index contributed by atoms with van der Waals surface area (Å²) in [6, 6.07) is 1.74. The lowest BCUT2D eigenvalue weighted by Crippen LogP contribution is -2.59. The van der Waals surface area contributed by atoms with Crippen LogP contribution in [0, 0.1) is 5.41 Å². The van der Waals surface area contributed by atoms with Crippen LogP contribution >= 0.6 is 0 Å². The molecule has 1 aromatic heterocycles. The molecule has 2 fully saturated rings. The first-order valence-electron chi connectivity index (χ1n) is 11.0. The van der Waals surface area contributed by atoms with Gasteiger partial charge in [0, 0.05) is 25.2 Å². The molecular formula is C23H28F3N3O3. The monoisotopic (exact) mass is 451 g/mol. The maximum Gasteiger partial charge on any atom is 0.433 e. The van der Waals surface area contributed by atoms with Crippen LogP contribution in [-0.2, 0) is 22.1 Å². The molecular weight excluding hydrogens is 423 g/mol. The van der Waals surface area contributed by atoms with Gasteiger partial charge in [-0.25, -0.2) is 0 Å². The van der Waals surface area contributed by atoms with E-state index in [1.165, 1.54) is 6.07 Å². The van der Waals surface area contributed by atoms with E-state index in [-0.39, 0.29) is 24.5 Å². The van der Waals surface area contributed by atoms with Crippen molar-refractivity contribution >= 4 is 12.1 Å². The minimum absolute atomic E-state index is 0.0684. The van der Waals surface area contributed by atoms with Crippen molar-refractivity contribution in [2.45, 2.75) is 76.0 Å². The van der Waals surface area contributed by atoms with Gasteiger partial charge in [0.05, 0.1) is 36.2 Å². The molecule has 0 aromatic carbocycles. The zero-order valence-electron chi connectivity index (χ0n) is 18.0. The number of carbonyl (C=O) groups excluding carboxylic acids is 1. The molecule has 4 rings (SSSR count). The van der Waals surface area contributed by atoms with Crippen LogP contribution in [0.1, 0.15) is 50.3 Å². The summed E-state index contributed by atoms with van der Waals surface area (Å²) < 4.78 is 44.4. The number of carbonyl (C=O) groups is 1. The number of aromatic nitrogens is 1. The lowest BCUT2D eigenvalue weighted by molar-refractivity contribution is -0.142. The largest absolute Gasteiger partial charge is 0.433 e. The predicted octanol–water partition coefficient (Wildman–Crippen LogP) is 3.54. The van der Waals surface area contributed by atoms with E-state index < -0.39 is 29.4 Å². The van der Waals surface area contributed by atoms with E-state index in [9.17, 15) is 23.1 Å². The van der Waals surface area contributed by atoms with Gasteiger partial charge in [-0.1, -0.05) is 6.07 Å². The molecule has 1 amide bonds. The second-order valence-corrected chi connectivity index (χ2v) is 9.06. The minimum Gasteiger partial charge on any atom is -0.390 e. The van der Waals surface area contributed by atoms with Crippen LogP contribution < -0.4 is 0 Å². The van der Waals surface area contributed by atoms with Gasteiger partial charge in [-0.2, -0.15) is 13.2 Å². The van der Waals surface area contributed by atoms with Gasteiger partial charge in [-0.3, -0.25) is 14.8 Å². The van der Waals surface area contributed by atoms with Gasteiger partial charge in [0.2, 0.25) is 5.91 Å². The van der Waals surface area contributed by atoms with Crippen LogP contribution in [0.5, 0.6) is 0 Å². The first-order chi connectivity index (χ1) is 15.2. The Hall–Kier alpha value is -2.26. The third kappa shape index (κ3) is 4.88. The molecule has 6 nitrogen and oxygen atoms in total. The molecule has 0 radical (unpaired) electrons. The van der Waals surface area contributed by atoms with Gasteiger partial charge in [-0.05, 0) is 56.7 Å². The van der Waals surface area contributed by atoms with Crippen LogP contribution in [-0.4, -0.2) is 58.0 Å². The van der Waals surface area contributed by atoms with E-state index in [0.717, 1.165) is 37.9 Å². The summed E-state index contributed by atoms with van der Waals surface area (Å²) in [5.74, 6) is -0.234. The molecule has 1 saturated carbocycles. The van der Waals surface area contributed by atoms with Gasteiger partial charge < -0.3 is 14.7 Å². The number of rotatable bonds is 6. The Morgan fingerprint density at radius 2 is 2.09 bits per heavy atom. The fraction of sp³-hybridized carbons (Fsp3) is 0.609. The first kappa shape index (κ1) is 22.9. The molecule has 0 bridgehead atoms. The van der Waals surface area contributed by atoms with Crippen LogP contribution in [0.25, 0.3) is 0 Å². The number of hydrogen-bond donors (Lipinski definition) is 1. The van der Waals surface area contributed by atoms with E-state index in [1.807, 2.05) is 13.0 Å². The number of alkyl halides is 3. The smallest absolute Gasteiger partial charge is 0.390 e. The Labute approximate surface area is 185 Å². The van der Waals surface area contributed by atoms with Crippen LogP contribution in [0.2, 0.25) is 0 Å². The molecule has 1 aliphatic carbocycles. The molecule has 1 aromatic rings. The highest BCUT2D eigenvalue weighted by molar-refractivity contribution is 5.79. The van der Waals surface area contributed by atoms with Crippen molar-refractivity contribution in [2.24, 2.45) is 10.4 Å². The molecule has 32 heavy (non-hydrogen) atoms. The summed E-state index contributed by atoms with van der Waals surface area (Å²) in [7, 11) is 0. The average molecular weight is 451 g/mol. The third-order valence-electron chi connectivity index (χ3n) is 6.52. The van der Waals surface area contributed by atoms with Gasteiger partial charge in [0.1, 0.15) is 5.69 Å². The van der Waals surface area contributed by atoms with Crippen molar-refractivity contribution in [3.05, 3.63) is 41.9 Å². The number of likely N-dealkylation sites (tertiary alicyclic amines) is 1. The lowest BCUT2D eigenvalue weighted by atomic mass is 9.73. The third-order valence-corrected chi connectivity index (χ3v) is 6.52. The van der Waals surface area contributed by atoms with Crippen molar-refractivity contribution in [3.63, 3.8) is 0 Å². The normalized spacial score (nSPS) is 29.2. The molecule has 3 heterocycles. The highest BCUT2D eigenvalue weighted by atomic mass is 19.4. The number of piperidine rings is 1. The van der Waals surface area contributed by atoms with Gasteiger partial charge in [0.25, 0.3) is 0 Å². The maximum atomic E-state index is 13.1. The zero-order chi connectivity index (χ0) is 22.9. The number of aliphatic hydroxyl groups is 1. The second kappa shape index (κ2) is 8.94. The molecule has 1 N–H and O–H groups in total. The van der Waals surface area contributed by atoms with E-state index >= 15 is 0 Å². The molecule has 174 valence electrons. The Balaban J connectivity index is 1.48. The maximum absolute atomic E-state index is 13.1. The number of nitrogens with zero attached hydrogens (tertiary/aromatic N) is 3. The summed E-state index contributed by atoms with van der Waals surface area (Å²) in [6.07, 6.45) is 5.04. The predicted molar refractivity (Wildman–Crippen MR) is 112 cm³/mol. The Morgan fingerprint density at radius 3 is 2.75 bits per heavy atom. The van der Waals surface area contributed by atoms with Crippen molar-refractivity contribution in [1.82, 2.24) is 9.88 Å². The van der Waals surface area contributed by atoms with Crippen molar-refractivity contribution in [3.8, 4) is 0 Å². The fourth-order valence-electron chi connectivity index (χ4n) is 4.44. The minimum atomic E-state index is -4.52. The molecule has 0 spiro atoms. The highest BCUT2D eigenvalue weighted by Gasteiger charge is 2.48. The van der Waals surface area contributed by atoms with E-state index in [0.29, 0.717) is 18.5 Å². The SMILES string of the molecule is CC1([C@H](O)[C@H]2CCCCN2C(=O)Cc2ccc(C(F)(F)F)nc2)C=NC=CC1OC1CC1. The Bertz CT molecular complexity index is 883. The number of aliphatic hydroxyl groups excluding tert-OH is 1. The van der Waals surface area contributed by atoms with E-state index in [1.54, 1.807) is 17.3 Å². The quantitative estimate of drug-likeness (QED) is 0.718. The summed E-state index contributed by atoms with van der Waals surface area (Å²) in [6.45, 7) is 2.39. The van der Waals surface area contributed by atoms with Crippen LogP contribution in [0.15, 0.2) is 35.6 Å². The molecule has 2 unspecified atom stereocenters. The van der Waals surface area contributed by atoms with Crippen molar-refractivity contribution in [2.75, 3.05) is 6.54 Å². The van der Waals surface area contributed by atoms with Gasteiger partial charge >= 0.3 is 6.18 Å². The zero-order valence-corrected chi connectivity index (χ0v) is 18.0. The Morgan fingerprint density at radius 1 is 1.31 bits per heavy atom. The molecule has 4 atom stereocenters. The standard InChI is InChI=1S/C23H28F3N3O3/c1-22(14-27-10-9-19(22)32-16-6-7-16)21(31)17-4-2-3-11-29(17)20(30)12-15-5-8-18(28-13-15)23(24,25)26/h5,8-10,13-14,16-17,19,21,31H,2-4,6-7,11-12H2,1H3/t17-,19?,21-,22?/m1/s1. The number of hydrogen-bond acceptors (Lipinski definition) is 5. The second-order valence-electron chi connectivity index (χ2n) is 9.06. The fourth-order valence-corrected chi connectivity index (χ4v) is 4.44. The highest BCUT2D eigenvalue weighted by Crippen LogP contribution is 2.39. The first-order valence-corrected chi connectivity index (χ1v) is 11.0. The molecule has 2 aliphatic heterocycles. The number of aliphatic imine (C=N–C) groups is 1. The van der Waals surface area contributed by atoms with Gasteiger partial charge in [0.15, 0.2) is 0 Å².